The molecule has 10 heteroatoms. The smallest absolute Gasteiger partial charge is 0.262 e. The van der Waals surface area contributed by atoms with Crippen LogP contribution in [0.2, 0.25) is 0 Å². The molecule has 0 bridgehead atoms. The van der Waals surface area contributed by atoms with Crippen LogP contribution in [-0.4, -0.2) is 42.9 Å². The molecule has 7 aromatic rings. The standard InChI is InChI=1S/C30H22N8O2/c39-28(33-21-8-10-25-19(12-21)15-31-37-25)17-40-23-5-3-4-18(14-23)29-35-27-7-2-1-6-24(27)30(36-29)34-22-9-11-26-20(13-22)16-32-38-26/h1-16H,17H2,(H,31,37)(H,32,38)(H,33,39)(H,34,35,36). The maximum atomic E-state index is 12.5. The Hall–Kier alpha value is -5.77. The zero-order valence-corrected chi connectivity index (χ0v) is 21.1. The van der Waals surface area contributed by atoms with E-state index in [1.807, 2.05) is 78.9 Å². The molecule has 0 unspecified atom stereocenters. The number of nitrogens with zero attached hydrogens (tertiary/aromatic N) is 4. The number of carbonyl (C=O) groups is 1. The number of aromatic nitrogens is 6. The van der Waals surface area contributed by atoms with Crippen molar-refractivity contribution < 1.29 is 9.53 Å². The van der Waals surface area contributed by atoms with Crippen molar-refractivity contribution in [1.82, 2.24) is 30.4 Å². The highest BCUT2D eigenvalue weighted by molar-refractivity contribution is 5.95. The van der Waals surface area contributed by atoms with Crippen LogP contribution in [0.5, 0.6) is 5.75 Å². The minimum absolute atomic E-state index is 0.144. The summed E-state index contributed by atoms with van der Waals surface area (Å²) in [6, 6.07) is 26.8. The molecule has 0 radical (unpaired) electrons. The fraction of sp³-hybridized carbons (Fsp3) is 0.0333. The number of fused-ring (bicyclic) bond motifs is 3. The van der Waals surface area contributed by atoms with E-state index in [4.69, 9.17) is 14.7 Å². The van der Waals surface area contributed by atoms with Gasteiger partial charge in [0, 0.05) is 33.1 Å². The molecule has 0 saturated heterocycles. The molecular weight excluding hydrogens is 504 g/mol. The molecule has 4 aromatic carbocycles. The maximum Gasteiger partial charge on any atom is 0.262 e. The summed E-state index contributed by atoms with van der Waals surface area (Å²) < 4.78 is 5.81. The zero-order chi connectivity index (χ0) is 26.9. The first kappa shape index (κ1) is 23.4. The minimum atomic E-state index is -0.267. The Morgan fingerprint density at radius 2 is 1.52 bits per heavy atom. The second-order valence-corrected chi connectivity index (χ2v) is 9.25. The number of H-pyrrole nitrogens is 2. The normalized spacial score (nSPS) is 11.2. The van der Waals surface area contributed by atoms with Gasteiger partial charge < -0.3 is 15.4 Å². The number of benzene rings is 4. The molecule has 3 aromatic heterocycles. The summed E-state index contributed by atoms with van der Waals surface area (Å²) in [4.78, 5) is 22.2. The molecule has 4 N–H and O–H groups in total. The predicted octanol–water partition coefficient (Wildman–Crippen LogP) is 5.81. The summed E-state index contributed by atoms with van der Waals surface area (Å²) in [5, 5.41) is 23.1. The highest BCUT2D eigenvalue weighted by Gasteiger charge is 2.12. The van der Waals surface area contributed by atoms with Gasteiger partial charge in [-0.05, 0) is 60.7 Å². The number of hydrogen-bond donors (Lipinski definition) is 4. The first-order chi connectivity index (χ1) is 19.7. The molecule has 3 heterocycles. The van der Waals surface area contributed by atoms with Gasteiger partial charge in [0.25, 0.3) is 5.91 Å². The molecule has 0 aliphatic rings. The van der Waals surface area contributed by atoms with Crippen molar-refractivity contribution in [1.29, 1.82) is 0 Å². The van der Waals surface area contributed by atoms with Crippen LogP contribution in [0.25, 0.3) is 44.1 Å². The third-order valence-electron chi connectivity index (χ3n) is 6.49. The number of carbonyl (C=O) groups excluding carboxylic acids is 1. The van der Waals surface area contributed by atoms with E-state index in [0.717, 1.165) is 44.0 Å². The average Bonchev–Trinajstić information content (AvgIpc) is 3.65. The lowest BCUT2D eigenvalue weighted by Gasteiger charge is -2.12. The van der Waals surface area contributed by atoms with Crippen LogP contribution < -0.4 is 15.4 Å². The quantitative estimate of drug-likeness (QED) is 0.206. The Labute approximate surface area is 227 Å². The number of hydrogen-bond acceptors (Lipinski definition) is 7. The van der Waals surface area contributed by atoms with Gasteiger partial charge in [-0.3, -0.25) is 15.0 Å². The van der Waals surface area contributed by atoms with Crippen molar-refractivity contribution >= 4 is 55.8 Å². The van der Waals surface area contributed by atoms with E-state index in [9.17, 15) is 4.79 Å². The van der Waals surface area contributed by atoms with Crippen LogP contribution in [0, 0.1) is 0 Å². The van der Waals surface area contributed by atoms with Gasteiger partial charge in [0.05, 0.1) is 28.9 Å². The molecule has 0 fully saturated rings. The Morgan fingerprint density at radius 3 is 2.35 bits per heavy atom. The van der Waals surface area contributed by atoms with Gasteiger partial charge in [0.1, 0.15) is 11.6 Å². The van der Waals surface area contributed by atoms with E-state index in [1.165, 1.54) is 0 Å². The van der Waals surface area contributed by atoms with Gasteiger partial charge in [-0.2, -0.15) is 10.2 Å². The minimum Gasteiger partial charge on any atom is -0.484 e. The van der Waals surface area contributed by atoms with Crippen molar-refractivity contribution in [3.63, 3.8) is 0 Å². The number of ether oxygens (including phenoxy) is 1. The van der Waals surface area contributed by atoms with Crippen molar-refractivity contribution in [2.75, 3.05) is 17.2 Å². The fourth-order valence-electron chi connectivity index (χ4n) is 4.55. The molecule has 0 aliphatic carbocycles. The average molecular weight is 527 g/mol. The molecule has 1 amide bonds. The van der Waals surface area contributed by atoms with Crippen LogP contribution in [0.4, 0.5) is 17.2 Å². The molecule has 0 atom stereocenters. The van der Waals surface area contributed by atoms with Crippen LogP contribution >= 0.6 is 0 Å². The second-order valence-electron chi connectivity index (χ2n) is 9.25. The summed E-state index contributed by atoms with van der Waals surface area (Å²) in [6.07, 6.45) is 3.49. The van der Waals surface area contributed by atoms with Crippen LogP contribution in [0.3, 0.4) is 0 Å². The van der Waals surface area contributed by atoms with E-state index in [0.29, 0.717) is 23.1 Å². The maximum absolute atomic E-state index is 12.5. The molecule has 40 heavy (non-hydrogen) atoms. The lowest BCUT2D eigenvalue weighted by atomic mass is 10.1. The number of nitrogens with one attached hydrogen (secondary N) is 4. The van der Waals surface area contributed by atoms with Gasteiger partial charge >= 0.3 is 0 Å². The first-order valence-electron chi connectivity index (χ1n) is 12.6. The molecule has 10 nitrogen and oxygen atoms in total. The third kappa shape index (κ3) is 4.65. The Morgan fingerprint density at radius 1 is 0.775 bits per heavy atom. The number of anilines is 3. The highest BCUT2D eigenvalue weighted by Crippen LogP contribution is 2.29. The highest BCUT2D eigenvalue weighted by atomic mass is 16.5. The molecular formula is C30H22N8O2. The summed E-state index contributed by atoms with van der Waals surface area (Å²) in [5.74, 6) is 1.49. The number of amides is 1. The molecule has 0 spiro atoms. The SMILES string of the molecule is O=C(COc1cccc(-c2nc(Nc3ccc4[nH]ncc4c3)c3ccccc3n2)c1)Nc1ccc2[nH]ncc2c1. The second kappa shape index (κ2) is 9.84. The number of para-hydroxylation sites is 1. The van der Waals surface area contributed by atoms with E-state index in [-0.39, 0.29) is 12.5 Å². The van der Waals surface area contributed by atoms with Gasteiger partial charge in [-0.25, -0.2) is 9.97 Å². The van der Waals surface area contributed by atoms with Gasteiger partial charge in [0.15, 0.2) is 12.4 Å². The summed E-state index contributed by atoms with van der Waals surface area (Å²) >= 11 is 0. The monoisotopic (exact) mass is 526 g/mol. The summed E-state index contributed by atoms with van der Waals surface area (Å²) in [6.45, 7) is -0.144. The Bertz CT molecular complexity index is 2010. The van der Waals surface area contributed by atoms with Crippen molar-refractivity contribution in [2.24, 2.45) is 0 Å². The van der Waals surface area contributed by atoms with Gasteiger partial charge in [0.2, 0.25) is 0 Å². The molecule has 0 saturated carbocycles. The third-order valence-corrected chi connectivity index (χ3v) is 6.49. The Balaban J connectivity index is 1.12. The predicted molar refractivity (Wildman–Crippen MR) is 155 cm³/mol. The molecule has 194 valence electrons. The van der Waals surface area contributed by atoms with Crippen LogP contribution in [-0.2, 0) is 4.79 Å². The fourth-order valence-corrected chi connectivity index (χ4v) is 4.55. The largest absolute Gasteiger partial charge is 0.484 e. The van der Waals surface area contributed by atoms with E-state index >= 15 is 0 Å². The van der Waals surface area contributed by atoms with Crippen LogP contribution in [0.15, 0.2) is 97.3 Å². The number of aromatic amines is 2. The van der Waals surface area contributed by atoms with Crippen LogP contribution in [0.1, 0.15) is 0 Å². The van der Waals surface area contributed by atoms with E-state index in [1.54, 1.807) is 18.5 Å². The summed E-state index contributed by atoms with van der Waals surface area (Å²) in [7, 11) is 0. The Kier molecular flexibility index (Phi) is 5.74. The first-order valence-corrected chi connectivity index (χ1v) is 12.6. The lowest BCUT2D eigenvalue weighted by molar-refractivity contribution is -0.118. The van der Waals surface area contributed by atoms with Crippen molar-refractivity contribution in [2.45, 2.75) is 0 Å². The zero-order valence-electron chi connectivity index (χ0n) is 21.1. The lowest BCUT2D eigenvalue weighted by Crippen LogP contribution is -2.20. The van der Waals surface area contributed by atoms with Crippen molar-refractivity contribution in [3.8, 4) is 17.1 Å². The van der Waals surface area contributed by atoms with Gasteiger partial charge in [-0.15, -0.1) is 0 Å². The van der Waals surface area contributed by atoms with Gasteiger partial charge in [-0.1, -0.05) is 24.3 Å². The summed E-state index contributed by atoms with van der Waals surface area (Å²) in [5.41, 5.74) is 5.00. The number of rotatable bonds is 7. The van der Waals surface area contributed by atoms with E-state index in [2.05, 4.69) is 31.0 Å². The van der Waals surface area contributed by atoms with Crippen molar-refractivity contribution in [3.05, 3.63) is 97.3 Å². The van der Waals surface area contributed by atoms with E-state index < -0.39 is 0 Å². The molecule has 0 aliphatic heterocycles. The topological polar surface area (TPSA) is 134 Å². The molecule has 7 rings (SSSR count).